The smallest absolute Gasteiger partial charge is 0.232 e. The summed E-state index contributed by atoms with van der Waals surface area (Å²) in [6.45, 7) is 13.0. The summed E-state index contributed by atoms with van der Waals surface area (Å²) in [7, 11) is 0. The number of aliphatic hydroxyl groups is 1. The summed E-state index contributed by atoms with van der Waals surface area (Å²) in [6, 6.07) is 10.2. The normalized spacial score (nSPS) is 16.1. The number of hydrogen-bond donors (Lipinski definition) is 1. The first-order valence-electron chi connectivity index (χ1n) is 11.5. The maximum Gasteiger partial charge on any atom is 0.232 e. The molecule has 0 radical (unpaired) electrons. The van der Waals surface area contributed by atoms with Gasteiger partial charge in [-0.05, 0) is 31.7 Å². The molecule has 1 fully saturated rings. The van der Waals surface area contributed by atoms with Crippen molar-refractivity contribution in [2.24, 2.45) is 5.92 Å². The molecule has 6 heteroatoms. The first-order valence-corrected chi connectivity index (χ1v) is 11.5. The SMILES string of the molecule is C=CCOCC(O)CN(CCC)Cc1c(-c2ccccc2)noc1N1CCC(C)CC1. The number of hydrogen-bond acceptors (Lipinski definition) is 6. The maximum absolute atomic E-state index is 10.5. The van der Waals surface area contributed by atoms with Gasteiger partial charge in [0.1, 0.15) is 5.69 Å². The standard InChI is InChI=1S/C25H37N3O3/c1-4-13-27(17-22(29)19-30-16-5-2)18-23-24(21-9-7-6-8-10-21)26-31-25(23)28-14-11-20(3)12-15-28/h5-10,20,22,29H,2,4,11-19H2,1,3H3. The van der Waals surface area contributed by atoms with Crippen molar-refractivity contribution in [3.63, 3.8) is 0 Å². The van der Waals surface area contributed by atoms with Gasteiger partial charge in [-0.3, -0.25) is 4.90 Å². The number of aromatic nitrogens is 1. The molecule has 1 aliphatic heterocycles. The van der Waals surface area contributed by atoms with E-state index in [0.717, 1.165) is 54.7 Å². The van der Waals surface area contributed by atoms with Crippen LogP contribution in [0.3, 0.4) is 0 Å². The molecule has 0 amide bonds. The van der Waals surface area contributed by atoms with Gasteiger partial charge in [0.2, 0.25) is 5.88 Å². The van der Waals surface area contributed by atoms with Gasteiger partial charge in [-0.2, -0.15) is 0 Å². The summed E-state index contributed by atoms with van der Waals surface area (Å²) in [5.74, 6) is 1.63. The molecule has 1 atom stereocenters. The number of piperidine rings is 1. The highest BCUT2D eigenvalue weighted by Gasteiger charge is 2.27. The Balaban J connectivity index is 1.83. The number of aliphatic hydroxyl groups excluding tert-OH is 1. The molecule has 0 bridgehead atoms. The molecule has 2 aromatic rings. The van der Waals surface area contributed by atoms with Crippen LogP contribution in [0.1, 0.15) is 38.7 Å². The lowest BCUT2D eigenvalue weighted by Crippen LogP contribution is -2.36. The largest absolute Gasteiger partial charge is 0.389 e. The van der Waals surface area contributed by atoms with Crippen LogP contribution >= 0.6 is 0 Å². The lowest BCUT2D eigenvalue weighted by atomic mass is 9.98. The van der Waals surface area contributed by atoms with Crippen LogP contribution in [-0.2, 0) is 11.3 Å². The van der Waals surface area contributed by atoms with Crippen LogP contribution in [0.25, 0.3) is 11.3 Å². The Bertz CT molecular complexity index is 785. The van der Waals surface area contributed by atoms with E-state index < -0.39 is 6.10 Å². The zero-order valence-corrected chi connectivity index (χ0v) is 19.0. The predicted octanol–water partition coefficient (Wildman–Crippen LogP) is 4.35. The van der Waals surface area contributed by atoms with E-state index in [-0.39, 0.29) is 0 Å². The molecule has 31 heavy (non-hydrogen) atoms. The van der Waals surface area contributed by atoms with Crippen LogP contribution in [0.4, 0.5) is 5.88 Å². The van der Waals surface area contributed by atoms with Gasteiger partial charge in [0.25, 0.3) is 0 Å². The van der Waals surface area contributed by atoms with Gasteiger partial charge in [-0.1, -0.05) is 55.4 Å². The molecule has 1 aliphatic rings. The summed E-state index contributed by atoms with van der Waals surface area (Å²) >= 11 is 0. The van der Waals surface area contributed by atoms with Gasteiger partial charge in [0, 0.05) is 31.7 Å². The molecule has 1 aromatic heterocycles. The van der Waals surface area contributed by atoms with E-state index in [4.69, 9.17) is 9.26 Å². The van der Waals surface area contributed by atoms with Crippen LogP contribution in [0, 0.1) is 5.92 Å². The highest BCUT2D eigenvalue weighted by molar-refractivity contribution is 5.68. The third-order valence-electron chi connectivity index (χ3n) is 5.82. The molecule has 170 valence electrons. The summed E-state index contributed by atoms with van der Waals surface area (Å²) in [4.78, 5) is 4.61. The molecule has 3 rings (SSSR count). The van der Waals surface area contributed by atoms with Crippen molar-refractivity contribution in [3.8, 4) is 11.3 Å². The second-order valence-corrected chi connectivity index (χ2v) is 8.57. The van der Waals surface area contributed by atoms with Crippen molar-refractivity contribution in [2.75, 3.05) is 44.3 Å². The average Bonchev–Trinajstić information content (AvgIpc) is 3.18. The Kier molecular flexibility index (Phi) is 9.13. The van der Waals surface area contributed by atoms with Crippen LogP contribution in [0.15, 0.2) is 47.5 Å². The van der Waals surface area contributed by atoms with Gasteiger partial charge in [-0.15, -0.1) is 6.58 Å². The van der Waals surface area contributed by atoms with Crippen LogP contribution in [-0.4, -0.2) is 60.7 Å². The minimum atomic E-state index is -0.550. The Hall–Kier alpha value is -2.15. The summed E-state index contributed by atoms with van der Waals surface area (Å²) in [5.41, 5.74) is 3.06. The second kappa shape index (κ2) is 12.0. The van der Waals surface area contributed by atoms with E-state index >= 15 is 0 Å². The molecular formula is C25H37N3O3. The maximum atomic E-state index is 10.5. The molecule has 6 nitrogen and oxygen atoms in total. The van der Waals surface area contributed by atoms with Gasteiger partial charge < -0.3 is 19.3 Å². The van der Waals surface area contributed by atoms with Gasteiger partial charge >= 0.3 is 0 Å². The highest BCUT2D eigenvalue weighted by Crippen LogP contribution is 2.34. The quantitative estimate of drug-likeness (QED) is 0.401. The Morgan fingerprint density at radius 3 is 2.74 bits per heavy atom. The van der Waals surface area contributed by atoms with Crippen molar-refractivity contribution in [1.82, 2.24) is 10.1 Å². The third kappa shape index (κ3) is 6.66. The van der Waals surface area contributed by atoms with E-state index in [1.807, 2.05) is 18.2 Å². The first kappa shape index (κ1) is 23.5. The Labute approximate surface area is 186 Å². The molecule has 0 aliphatic carbocycles. The van der Waals surface area contributed by atoms with Crippen LogP contribution < -0.4 is 4.90 Å². The van der Waals surface area contributed by atoms with E-state index in [1.165, 1.54) is 12.8 Å². The van der Waals surface area contributed by atoms with Crippen molar-refractivity contribution >= 4 is 5.88 Å². The lowest BCUT2D eigenvalue weighted by molar-refractivity contribution is 0.0246. The molecule has 1 saturated heterocycles. The topological polar surface area (TPSA) is 62.0 Å². The molecule has 0 spiro atoms. The van der Waals surface area contributed by atoms with Crippen molar-refractivity contribution in [3.05, 3.63) is 48.6 Å². The molecule has 1 aromatic carbocycles. The van der Waals surface area contributed by atoms with E-state index in [2.05, 4.69) is 47.5 Å². The fourth-order valence-corrected chi connectivity index (χ4v) is 4.14. The average molecular weight is 428 g/mol. The second-order valence-electron chi connectivity index (χ2n) is 8.57. The zero-order chi connectivity index (χ0) is 22.1. The van der Waals surface area contributed by atoms with Gasteiger partial charge in [-0.25, -0.2) is 0 Å². The minimum absolute atomic E-state index is 0.304. The Morgan fingerprint density at radius 1 is 1.32 bits per heavy atom. The molecular weight excluding hydrogens is 390 g/mol. The van der Waals surface area contributed by atoms with E-state index in [0.29, 0.717) is 26.3 Å². The van der Waals surface area contributed by atoms with Gasteiger partial charge in [0.05, 0.1) is 24.9 Å². The summed E-state index contributed by atoms with van der Waals surface area (Å²) in [6.07, 6.45) is 4.48. The number of benzene rings is 1. The minimum Gasteiger partial charge on any atom is -0.389 e. The van der Waals surface area contributed by atoms with Gasteiger partial charge in [0.15, 0.2) is 0 Å². The van der Waals surface area contributed by atoms with Crippen molar-refractivity contribution < 1.29 is 14.4 Å². The summed E-state index contributed by atoms with van der Waals surface area (Å²) in [5, 5.41) is 15.0. The monoisotopic (exact) mass is 427 g/mol. The fourth-order valence-electron chi connectivity index (χ4n) is 4.14. The Morgan fingerprint density at radius 2 is 2.06 bits per heavy atom. The van der Waals surface area contributed by atoms with Crippen molar-refractivity contribution in [2.45, 2.75) is 45.8 Å². The molecule has 1 unspecified atom stereocenters. The molecule has 1 N–H and O–H groups in total. The molecule has 2 heterocycles. The van der Waals surface area contributed by atoms with Crippen LogP contribution in [0.2, 0.25) is 0 Å². The first-order chi connectivity index (χ1) is 15.1. The number of nitrogens with zero attached hydrogens (tertiary/aromatic N) is 3. The van der Waals surface area contributed by atoms with Crippen molar-refractivity contribution in [1.29, 1.82) is 0 Å². The number of anilines is 1. The van der Waals surface area contributed by atoms with E-state index in [1.54, 1.807) is 6.08 Å². The summed E-state index contributed by atoms with van der Waals surface area (Å²) < 4.78 is 11.4. The van der Waals surface area contributed by atoms with Crippen LogP contribution in [0.5, 0.6) is 0 Å². The lowest BCUT2D eigenvalue weighted by Gasteiger charge is -2.31. The number of rotatable bonds is 12. The third-order valence-corrected chi connectivity index (χ3v) is 5.82. The number of ether oxygens (including phenoxy) is 1. The highest BCUT2D eigenvalue weighted by atomic mass is 16.5. The van der Waals surface area contributed by atoms with E-state index in [9.17, 15) is 5.11 Å². The predicted molar refractivity (Wildman–Crippen MR) is 125 cm³/mol. The zero-order valence-electron chi connectivity index (χ0n) is 19.0. The fraction of sp³-hybridized carbons (Fsp3) is 0.560. The molecule has 0 saturated carbocycles.